The minimum Gasteiger partial charge on any atom is -0.493 e. The molecule has 5 atom stereocenters. The van der Waals surface area contributed by atoms with Crippen LogP contribution in [0, 0.1) is 0 Å². The van der Waals surface area contributed by atoms with Crippen molar-refractivity contribution < 1.29 is 62.7 Å². The first-order valence-electron chi connectivity index (χ1n) is 11.4. The predicted octanol–water partition coefficient (Wildman–Crippen LogP) is 0.782. The Morgan fingerprint density at radius 1 is 0.711 bits per heavy atom. The van der Waals surface area contributed by atoms with Crippen molar-refractivity contribution in [1.29, 1.82) is 0 Å². The molecular weight excluding hydrogens is 508 g/mol. The van der Waals surface area contributed by atoms with Crippen LogP contribution in [-0.4, -0.2) is 101 Å². The number of aliphatic hydroxyl groups excluding tert-OH is 3. The second-order valence-electron chi connectivity index (χ2n) is 8.01. The number of carbonyl (C=O) groups excluding carboxylic acids is 1. The molecule has 1 fully saturated rings. The van der Waals surface area contributed by atoms with E-state index in [-0.39, 0.29) is 34.3 Å². The summed E-state index contributed by atoms with van der Waals surface area (Å²) in [6.45, 7) is -0.477. The average molecular weight is 541 g/mol. The topological polar surface area (TPSA) is 161 Å². The maximum atomic E-state index is 12.8. The van der Waals surface area contributed by atoms with E-state index >= 15 is 0 Å². The van der Waals surface area contributed by atoms with E-state index in [9.17, 15) is 20.1 Å². The van der Waals surface area contributed by atoms with Gasteiger partial charge in [-0.2, -0.15) is 0 Å². The summed E-state index contributed by atoms with van der Waals surface area (Å²) in [4.78, 5) is 12.8. The van der Waals surface area contributed by atoms with Crippen LogP contribution >= 0.6 is 0 Å². The molecule has 0 bridgehead atoms. The largest absolute Gasteiger partial charge is 0.493 e. The van der Waals surface area contributed by atoms with Gasteiger partial charge >= 0.3 is 5.97 Å². The molecule has 0 amide bonds. The van der Waals surface area contributed by atoms with Gasteiger partial charge in [0.05, 0.1) is 48.2 Å². The van der Waals surface area contributed by atoms with E-state index < -0.39 is 43.3 Å². The third-order valence-corrected chi connectivity index (χ3v) is 5.84. The number of ether oxygens (including phenoxy) is 9. The van der Waals surface area contributed by atoms with E-state index in [2.05, 4.69) is 0 Å². The third-order valence-electron chi connectivity index (χ3n) is 5.84. The van der Waals surface area contributed by atoms with E-state index in [1.807, 2.05) is 0 Å². The fourth-order valence-electron chi connectivity index (χ4n) is 3.85. The molecule has 0 radical (unpaired) electrons. The van der Waals surface area contributed by atoms with Gasteiger partial charge in [-0.1, -0.05) is 0 Å². The lowest BCUT2D eigenvalue weighted by Gasteiger charge is -2.40. The molecule has 13 heteroatoms. The number of benzene rings is 2. The highest BCUT2D eigenvalue weighted by Crippen LogP contribution is 2.42. The molecule has 1 aliphatic rings. The van der Waals surface area contributed by atoms with Crippen LogP contribution in [0.4, 0.5) is 0 Å². The predicted molar refractivity (Wildman–Crippen MR) is 130 cm³/mol. The van der Waals surface area contributed by atoms with Gasteiger partial charge in [-0.15, -0.1) is 0 Å². The van der Waals surface area contributed by atoms with Crippen LogP contribution in [0.25, 0.3) is 0 Å². The molecule has 2 aromatic rings. The van der Waals surface area contributed by atoms with E-state index in [0.29, 0.717) is 11.5 Å². The Balaban J connectivity index is 1.76. The quantitative estimate of drug-likeness (QED) is 0.343. The van der Waals surface area contributed by atoms with Gasteiger partial charge in [0, 0.05) is 12.1 Å². The molecule has 0 saturated carbocycles. The van der Waals surface area contributed by atoms with E-state index in [0.717, 1.165) is 0 Å². The van der Waals surface area contributed by atoms with Crippen molar-refractivity contribution in [3.63, 3.8) is 0 Å². The summed E-state index contributed by atoms with van der Waals surface area (Å²) in [5, 5.41) is 31.3. The number of carbonyl (C=O) groups is 1. The summed E-state index contributed by atoms with van der Waals surface area (Å²) in [6, 6.07) is 5.73. The number of methoxy groups -OCH3 is 6. The fraction of sp³-hybridized carbons (Fsp3) is 0.480. The van der Waals surface area contributed by atoms with E-state index in [1.165, 1.54) is 66.9 Å². The Kier molecular flexibility index (Phi) is 9.69. The van der Waals surface area contributed by atoms with Crippen molar-refractivity contribution in [2.24, 2.45) is 0 Å². The molecule has 0 aliphatic carbocycles. The van der Waals surface area contributed by atoms with Crippen LogP contribution < -0.4 is 33.2 Å². The van der Waals surface area contributed by atoms with Crippen molar-refractivity contribution >= 4 is 5.97 Å². The smallest absolute Gasteiger partial charge is 0.338 e. The lowest BCUT2D eigenvalue weighted by molar-refractivity contribution is -0.277. The Morgan fingerprint density at radius 3 is 1.63 bits per heavy atom. The Hall–Kier alpha value is -3.65. The van der Waals surface area contributed by atoms with E-state index in [4.69, 9.17) is 42.6 Å². The minimum atomic E-state index is -1.67. The van der Waals surface area contributed by atoms with Gasteiger partial charge in [-0.05, 0) is 12.1 Å². The molecule has 0 spiro atoms. The lowest BCUT2D eigenvalue weighted by Crippen LogP contribution is -2.60. The molecule has 1 aliphatic heterocycles. The molecule has 210 valence electrons. The molecule has 0 unspecified atom stereocenters. The number of hydrogen-bond donors (Lipinski definition) is 3. The molecule has 0 aromatic heterocycles. The molecule has 3 rings (SSSR count). The molecule has 1 saturated heterocycles. The van der Waals surface area contributed by atoms with Gasteiger partial charge in [0.15, 0.2) is 23.0 Å². The highest BCUT2D eigenvalue weighted by Gasteiger charge is 2.45. The van der Waals surface area contributed by atoms with Crippen molar-refractivity contribution in [3.05, 3.63) is 29.8 Å². The Bertz CT molecular complexity index is 1050. The zero-order valence-electron chi connectivity index (χ0n) is 21.8. The highest BCUT2D eigenvalue weighted by atomic mass is 16.7. The second kappa shape index (κ2) is 12.7. The minimum absolute atomic E-state index is 0.0793. The lowest BCUT2D eigenvalue weighted by atomic mass is 9.99. The summed E-state index contributed by atoms with van der Waals surface area (Å²) in [5.41, 5.74) is 0.0793. The Morgan fingerprint density at radius 2 is 1.18 bits per heavy atom. The van der Waals surface area contributed by atoms with Crippen LogP contribution in [0.15, 0.2) is 24.3 Å². The first-order chi connectivity index (χ1) is 18.2. The molecule has 3 N–H and O–H groups in total. The first-order valence-corrected chi connectivity index (χ1v) is 11.4. The summed E-state index contributed by atoms with van der Waals surface area (Å²) in [6.07, 6.45) is -7.57. The zero-order valence-corrected chi connectivity index (χ0v) is 21.8. The first kappa shape index (κ1) is 28.9. The standard InChI is InChI=1S/C25H32O13/c1-30-14-7-12(8-15(31-2)22(14)34-5)24(29)36-11-18-19(26)20(27)21(28)25(38-18)37-13-9-16(32-3)23(35-6)17(10-13)33-4/h7-10,18-21,25-28H,11H2,1-6H3/t18-,19-,20+,21-,25-/m1/s1. The summed E-state index contributed by atoms with van der Waals surface area (Å²) < 4.78 is 48.3. The van der Waals surface area contributed by atoms with Crippen LogP contribution in [0.2, 0.25) is 0 Å². The van der Waals surface area contributed by atoms with Gasteiger partial charge in [-0.3, -0.25) is 0 Å². The second-order valence-corrected chi connectivity index (χ2v) is 8.01. The number of rotatable bonds is 11. The molecule has 2 aromatic carbocycles. The van der Waals surface area contributed by atoms with Gasteiger partial charge in [0.1, 0.15) is 36.8 Å². The Labute approximate surface area is 219 Å². The number of esters is 1. The fourth-order valence-corrected chi connectivity index (χ4v) is 3.85. The van der Waals surface area contributed by atoms with Crippen LogP contribution in [0.5, 0.6) is 40.2 Å². The average Bonchev–Trinajstić information content (AvgIpc) is 2.94. The summed E-state index contributed by atoms with van der Waals surface area (Å²) in [5.74, 6) is 1.02. The monoisotopic (exact) mass is 540 g/mol. The highest BCUT2D eigenvalue weighted by molar-refractivity contribution is 5.91. The van der Waals surface area contributed by atoms with Crippen LogP contribution in [0.1, 0.15) is 10.4 Å². The maximum absolute atomic E-state index is 12.8. The molecular formula is C25H32O13. The summed E-state index contributed by atoms with van der Waals surface area (Å²) in [7, 11) is 8.52. The third kappa shape index (κ3) is 5.91. The molecule has 13 nitrogen and oxygen atoms in total. The maximum Gasteiger partial charge on any atom is 0.338 e. The molecule has 1 heterocycles. The van der Waals surface area contributed by atoms with Gasteiger partial charge in [-0.25, -0.2) is 4.79 Å². The zero-order chi connectivity index (χ0) is 28.0. The van der Waals surface area contributed by atoms with Crippen molar-refractivity contribution in [2.75, 3.05) is 49.3 Å². The number of hydrogen-bond acceptors (Lipinski definition) is 13. The van der Waals surface area contributed by atoms with E-state index in [1.54, 1.807) is 0 Å². The van der Waals surface area contributed by atoms with Gasteiger partial charge in [0.25, 0.3) is 0 Å². The SMILES string of the molecule is COc1cc(O[C@@H]2O[C@H](COC(=O)c3cc(OC)c(OC)c(OC)c3)[C@@H](O)[C@H](O)[C@H]2O)cc(OC)c1OC. The van der Waals surface area contributed by atoms with Crippen LogP contribution in [-0.2, 0) is 9.47 Å². The van der Waals surface area contributed by atoms with Gasteiger partial charge in [0.2, 0.25) is 17.8 Å². The molecule has 38 heavy (non-hydrogen) atoms. The van der Waals surface area contributed by atoms with Crippen molar-refractivity contribution in [3.8, 4) is 40.2 Å². The number of aliphatic hydroxyl groups is 3. The van der Waals surface area contributed by atoms with Crippen molar-refractivity contribution in [2.45, 2.75) is 30.7 Å². The van der Waals surface area contributed by atoms with Gasteiger partial charge < -0.3 is 58.0 Å². The summed E-state index contributed by atoms with van der Waals surface area (Å²) >= 11 is 0. The van der Waals surface area contributed by atoms with Crippen molar-refractivity contribution in [1.82, 2.24) is 0 Å². The van der Waals surface area contributed by atoms with Crippen LogP contribution in [0.3, 0.4) is 0 Å². The normalized spacial score (nSPS) is 22.7.